The largest absolute Gasteiger partial charge is 0.309 e. The predicted octanol–water partition coefficient (Wildman–Crippen LogP) is 4.26. The average Bonchev–Trinajstić information content (AvgIpc) is 2.67. The zero-order valence-electron chi connectivity index (χ0n) is 11.5. The number of aryl methyl sites for hydroxylation is 3. The van der Waals surface area contributed by atoms with E-state index in [1.54, 1.807) is 31.4 Å². The van der Waals surface area contributed by atoms with Gasteiger partial charge in [0.05, 0.1) is 6.04 Å². The van der Waals surface area contributed by atoms with E-state index in [4.69, 9.17) is 0 Å². The Bertz CT molecular complexity index is 585. The van der Waals surface area contributed by atoms with Crippen LogP contribution in [0.5, 0.6) is 0 Å². The highest BCUT2D eigenvalue weighted by Gasteiger charge is 2.20. The monoisotopic (exact) mass is 281 g/mol. The molecule has 4 heteroatoms. The first kappa shape index (κ1) is 14.2. The third kappa shape index (κ3) is 2.69. The van der Waals surface area contributed by atoms with E-state index in [2.05, 4.69) is 11.4 Å². The first-order chi connectivity index (χ1) is 8.93. The van der Waals surface area contributed by atoms with Gasteiger partial charge in [0.25, 0.3) is 0 Å². The van der Waals surface area contributed by atoms with Crippen LogP contribution in [0.3, 0.4) is 0 Å². The van der Waals surface area contributed by atoms with Gasteiger partial charge in [0.1, 0.15) is 11.6 Å². The van der Waals surface area contributed by atoms with E-state index in [-0.39, 0.29) is 6.04 Å². The van der Waals surface area contributed by atoms with E-state index < -0.39 is 11.6 Å². The standard InChI is InChI=1S/C15H17F2NS/c1-8-6-14(19-10(8)3)15(18-4)11-5-9(2)12(16)7-13(11)17/h5-7,15,18H,1-4H3. The summed E-state index contributed by atoms with van der Waals surface area (Å²) in [6.07, 6.45) is 0. The Kier molecular flexibility index (Phi) is 4.02. The van der Waals surface area contributed by atoms with Crippen molar-refractivity contribution < 1.29 is 8.78 Å². The maximum absolute atomic E-state index is 14.0. The summed E-state index contributed by atoms with van der Waals surface area (Å²) in [5, 5.41) is 3.11. The SMILES string of the molecule is CNC(c1cc(C)c(C)s1)c1cc(C)c(F)cc1F. The first-order valence-electron chi connectivity index (χ1n) is 6.13. The molecule has 0 saturated carbocycles. The van der Waals surface area contributed by atoms with Crippen LogP contribution < -0.4 is 5.32 Å². The molecule has 1 aromatic heterocycles. The minimum Gasteiger partial charge on any atom is -0.309 e. The molecule has 0 spiro atoms. The van der Waals surface area contributed by atoms with Crippen LogP contribution in [0.15, 0.2) is 18.2 Å². The van der Waals surface area contributed by atoms with Crippen molar-refractivity contribution in [2.24, 2.45) is 0 Å². The smallest absolute Gasteiger partial charge is 0.131 e. The Balaban J connectivity index is 2.50. The molecule has 1 aromatic carbocycles. The van der Waals surface area contributed by atoms with Gasteiger partial charge in [0, 0.05) is 21.4 Å². The third-order valence-corrected chi connectivity index (χ3v) is 4.56. The number of thiophene rings is 1. The van der Waals surface area contributed by atoms with E-state index in [0.717, 1.165) is 10.9 Å². The fourth-order valence-corrected chi connectivity index (χ4v) is 3.27. The fourth-order valence-electron chi connectivity index (χ4n) is 2.10. The van der Waals surface area contributed by atoms with Gasteiger partial charge < -0.3 is 5.32 Å². The van der Waals surface area contributed by atoms with Crippen LogP contribution in [0.4, 0.5) is 8.78 Å². The van der Waals surface area contributed by atoms with Gasteiger partial charge in [0.15, 0.2) is 0 Å². The van der Waals surface area contributed by atoms with Crippen LogP contribution in [-0.4, -0.2) is 7.05 Å². The summed E-state index contributed by atoms with van der Waals surface area (Å²) in [5.74, 6) is -1.01. The summed E-state index contributed by atoms with van der Waals surface area (Å²) in [4.78, 5) is 2.26. The highest BCUT2D eigenvalue weighted by Crippen LogP contribution is 2.32. The molecule has 1 atom stereocenters. The van der Waals surface area contributed by atoms with Crippen LogP contribution in [0, 0.1) is 32.4 Å². The summed E-state index contributed by atoms with van der Waals surface area (Å²) >= 11 is 1.64. The van der Waals surface area contributed by atoms with Crippen molar-refractivity contribution in [1.29, 1.82) is 0 Å². The zero-order chi connectivity index (χ0) is 14.2. The molecule has 1 nitrogen and oxygen atoms in total. The number of hydrogen-bond acceptors (Lipinski definition) is 2. The molecular weight excluding hydrogens is 264 g/mol. The average molecular weight is 281 g/mol. The van der Waals surface area contributed by atoms with Gasteiger partial charge in [-0.15, -0.1) is 11.3 Å². The number of rotatable bonds is 3. The molecule has 0 radical (unpaired) electrons. The summed E-state index contributed by atoms with van der Waals surface area (Å²) < 4.78 is 27.3. The molecule has 0 saturated heterocycles. The quantitative estimate of drug-likeness (QED) is 0.886. The lowest BCUT2D eigenvalue weighted by Crippen LogP contribution is -2.18. The second-order valence-electron chi connectivity index (χ2n) is 4.73. The topological polar surface area (TPSA) is 12.0 Å². The lowest BCUT2D eigenvalue weighted by molar-refractivity contribution is 0.549. The molecule has 0 fully saturated rings. The van der Waals surface area contributed by atoms with Gasteiger partial charge in [0.2, 0.25) is 0 Å². The van der Waals surface area contributed by atoms with Crippen molar-refractivity contribution >= 4 is 11.3 Å². The molecule has 0 bridgehead atoms. The summed E-state index contributed by atoms with van der Waals surface area (Å²) in [7, 11) is 1.78. The van der Waals surface area contributed by atoms with Gasteiger partial charge in [-0.05, 0) is 51.1 Å². The van der Waals surface area contributed by atoms with Crippen LogP contribution in [0.25, 0.3) is 0 Å². The van der Waals surface area contributed by atoms with E-state index in [0.29, 0.717) is 11.1 Å². The number of hydrogen-bond donors (Lipinski definition) is 1. The second kappa shape index (κ2) is 5.39. The summed E-state index contributed by atoms with van der Waals surface area (Å²) in [5.41, 5.74) is 2.14. The highest BCUT2D eigenvalue weighted by molar-refractivity contribution is 7.12. The summed E-state index contributed by atoms with van der Waals surface area (Å²) in [6, 6.07) is 4.36. The summed E-state index contributed by atoms with van der Waals surface area (Å²) in [6.45, 7) is 5.73. The molecule has 1 unspecified atom stereocenters. The zero-order valence-corrected chi connectivity index (χ0v) is 12.3. The van der Waals surface area contributed by atoms with Crippen molar-refractivity contribution in [3.63, 3.8) is 0 Å². The fraction of sp³-hybridized carbons (Fsp3) is 0.333. The van der Waals surface area contributed by atoms with Crippen molar-refractivity contribution in [1.82, 2.24) is 5.32 Å². The minimum absolute atomic E-state index is 0.239. The highest BCUT2D eigenvalue weighted by atomic mass is 32.1. The van der Waals surface area contributed by atoms with Crippen LogP contribution >= 0.6 is 11.3 Å². The maximum atomic E-state index is 14.0. The van der Waals surface area contributed by atoms with Crippen LogP contribution in [-0.2, 0) is 0 Å². The molecular formula is C15H17F2NS. The van der Waals surface area contributed by atoms with E-state index >= 15 is 0 Å². The number of benzene rings is 1. The molecule has 2 rings (SSSR count). The van der Waals surface area contributed by atoms with Gasteiger partial charge in [-0.3, -0.25) is 0 Å². The van der Waals surface area contributed by atoms with Crippen LogP contribution in [0.2, 0.25) is 0 Å². The minimum atomic E-state index is -0.508. The molecule has 19 heavy (non-hydrogen) atoms. The predicted molar refractivity (Wildman–Crippen MR) is 75.8 cm³/mol. The van der Waals surface area contributed by atoms with E-state index in [9.17, 15) is 8.78 Å². The molecule has 1 N–H and O–H groups in total. The van der Waals surface area contributed by atoms with Crippen molar-refractivity contribution in [3.05, 3.63) is 56.3 Å². The molecule has 2 aromatic rings. The van der Waals surface area contributed by atoms with E-state index in [1.807, 2.05) is 13.8 Å². The lowest BCUT2D eigenvalue weighted by atomic mass is 10.0. The Morgan fingerprint density at radius 1 is 1.00 bits per heavy atom. The molecule has 0 amide bonds. The normalized spacial score (nSPS) is 12.7. The van der Waals surface area contributed by atoms with Crippen molar-refractivity contribution in [2.45, 2.75) is 26.8 Å². The third-order valence-electron chi connectivity index (χ3n) is 3.35. The van der Waals surface area contributed by atoms with Crippen molar-refractivity contribution in [2.75, 3.05) is 7.05 Å². The Morgan fingerprint density at radius 3 is 2.21 bits per heavy atom. The molecule has 0 aliphatic heterocycles. The van der Waals surface area contributed by atoms with E-state index in [1.165, 1.54) is 10.4 Å². The second-order valence-corrected chi connectivity index (χ2v) is 6.02. The number of nitrogens with one attached hydrogen (secondary N) is 1. The number of halogens is 2. The Hall–Kier alpha value is -1.26. The molecule has 102 valence electrons. The van der Waals surface area contributed by atoms with Gasteiger partial charge in [-0.25, -0.2) is 8.78 Å². The first-order valence-corrected chi connectivity index (χ1v) is 6.95. The lowest BCUT2D eigenvalue weighted by Gasteiger charge is -2.17. The maximum Gasteiger partial charge on any atom is 0.131 e. The van der Waals surface area contributed by atoms with Crippen molar-refractivity contribution in [3.8, 4) is 0 Å². The molecule has 1 heterocycles. The van der Waals surface area contributed by atoms with Gasteiger partial charge >= 0.3 is 0 Å². The molecule has 0 aliphatic carbocycles. The van der Waals surface area contributed by atoms with Gasteiger partial charge in [-0.1, -0.05) is 0 Å². The molecule has 0 aliphatic rings. The Morgan fingerprint density at radius 2 is 1.68 bits per heavy atom. The van der Waals surface area contributed by atoms with Gasteiger partial charge in [-0.2, -0.15) is 0 Å². The Labute approximate surface area is 116 Å². The van der Waals surface area contributed by atoms with Crippen LogP contribution in [0.1, 0.15) is 32.5 Å².